The minimum Gasteiger partial charge on any atom is -0.254 e. The number of hydrogen-bond donors (Lipinski definition) is 0. The fourth-order valence-corrected chi connectivity index (χ4v) is 2.22. The molecule has 0 saturated carbocycles. The van der Waals surface area contributed by atoms with Gasteiger partial charge in [0.15, 0.2) is 0 Å². The van der Waals surface area contributed by atoms with Crippen LogP contribution in [0.1, 0.15) is 0 Å². The van der Waals surface area contributed by atoms with E-state index in [9.17, 15) is 4.39 Å². The standard InChI is InChI=1S/C9H13FSi/c1-11(2,8-10)9-6-4-3-5-7-9/h3-7H,8H2,1-2H3. The van der Waals surface area contributed by atoms with E-state index in [-0.39, 0.29) is 6.30 Å². The highest BCUT2D eigenvalue weighted by molar-refractivity contribution is 6.89. The molecule has 0 aliphatic heterocycles. The maximum absolute atomic E-state index is 12.5. The Morgan fingerprint density at radius 2 is 1.73 bits per heavy atom. The Balaban J connectivity index is 2.93. The van der Waals surface area contributed by atoms with Crippen LogP contribution >= 0.6 is 0 Å². The summed E-state index contributed by atoms with van der Waals surface area (Å²) in [4.78, 5) is 0. The van der Waals surface area contributed by atoms with Gasteiger partial charge in [-0.15, -0.1) is 0 Å². The van der Waals surface area contributed by atoms with Gasteiger partial charge in [0.05, 0.1) is 6.30 Å². The lowest BCUT2D eigenvalue weighted by Crippen LogP contribution is -2.43. The Labute approximate surface area is 68.1 Å². The van der Waals surface area contributed by atoms with Crippen molar-refractivity contribution < 1.29 is 4.39 Å². The van der Waals surface area contributed by atoms with Gasteiger partial charge in [0.25, 0.3) is 0 Å². The number of rotatable bonds is 2. The van der Waals surface area contributed by atoms with Crippen LogP contribution in [0.15, 0.2) is 30.3 Å². The van der Waals surface area contributed by atoms with Crippen molar-refractivity contribution in [1.82, 2.24) is 0 Å². The maximum Gasteiger partial charge on any atom is 0.116 e. The third kappa shape index (κ3) is 1.90. The van der Waals surface area contributed by atoms with E-state index in [1.807, 2.05) is 43.4 Å². The van der Waals surface area contributed by atoms with E-state index in [4.69, 9.17) is 0 Å². The number of alkyl halides is 1. The molecule has 0 nitrogen and oxygen atoms in total. The average Bonchev–Trinajstić information content (AvgIpc) is 2.06. The molecule has 1 rings (SSSR count). The second-order valence-corrected chi connectivity index (χ2v) is 8.00. The van der Waals surface area contributed by atoms with Crippen LogP contribution in [0.5, 0.6) is 0 Å². The molecule has 0 aromatic heterocycles. The summed E-state index contributed by atoms with van der Waals surface area (Å²) in [7, 11) is -1.72. The van der Waals surface area contributed by atoms with Crippen molar-refractivity contribution in [3.05, 3.63) is 30.3 Å². The highest BCUT2D eigenvalue weighted by atomic mass is 28.3. The molecule has 0 unspecified atom stereocenters. The van der Waals surface area contributed by atoms with E-state index in [0.717, 1.165) is 0 Å². The summed E-state index contributed by atoms with van der Waals surface area (Å²) >= 11 is 0. The van der Waals surface area contributed by atoms with Gasteiger partial charge in [-0.05, 0) is 0 Å². The summed E-state index contributed by atoms with van der Waals surface area (Å²) in [6.07, 6.45) is -0.170. The second-order valence-electron chi connectivity index (χ2n) is 3.38. The molecule has 60 valence electrons. The lowest BCUT2D eigenvalue weighted by Gasteiger charge is -2.17. The third-order valence-electron chi connectivity index (χ3n) is 1.89. The molecule has 0 heterocycles. The van der Waals surface area contributed by atoms with Gasteiger partial charge in [0.1, 0.15) is 8.07 Å². The van der Waals surface area contributed by atoms with E-state index in [1.54, 1.807) is 0 Å². The smallest absolute Gasteiger partial charge is 0.116 e. The van der Waals surface area contributed by atoms with Crippen molar-refractivity contribution in [2.24, 2.45) is 0 Å². The van der Waals surface area contributed by atoms with Gasteiger partial charge < -0.3 is 0 Å². The second kappa shape index (κ2) is 3.18. The summed E-state index contributed by atoms with van der Waals surface area (Å²) in [6, 6.07) is 9.95. The summed E-state index contributed by atoms with van der Waals surface area (Å²) in [6.45, 7) is 4.09. The molecule has 1 aromatic rings. The van der Waals surface area contributed by atoms with Gasteiger partial charge in [-0.25, -0.2) is 0 Å². The Kier molecular flexibility index (Phi) is 2.44. The van der Waals surface area contributed by atoms with E-state index < -0.39 is 8.07 Å². The summed E-state index contributed by atoms with van der Waals surface area (Å²) < 4.78 is 12.5. The SMILES string of the molecule is C[Si](C)(CF)c1ccccc1. The summed E-state index contributed by atoms with van der Waals surface area (Å²) in [5.74, 6) is 0. The van der Waals surface area contributed by atoms with E-state index in [0.29, 0.717) is 0 Å². The largest absolute Gasteiger partial charge is 0.254 e. The average molecular weight is 168 g/mol. The van der Waals surface area contributed by atoms with Crippen molar-refractivity contribution >= 4 is 13.3 Å². The molecule has 1 aromatic carbocycles. The molecule has 0 aliphatic carbocycles. The number of hydrogen-bond acceptors (Lipinski definition) is 0. The Hall–Kier alpha value is -0.633. The van der Waals surface area contributed by atoms with Crippen LogP contribution < -0.4 is 5.19 Å². The van der Waals surface area contributed by atoms with Crippen LogP contribution in [0, 0.1) is 0 Å². The highest BCUT2D eigenvalue weighted by Crippen LogP contribution is 2.02. The van der Waals surface area contributed by atoms with E-state index in [2.05, 4.69) is 0 Å². The minimum atomic E-state index is -1.72. The van der Waals surface area contributed by atoms with Gasteiger partial charge in [-0.3, -0.25) is 4.39 Å². The Morgan fingerprint density at radius 3 is 2.18 bits per heavy atom. The van der Waals surface area contributed by atoms with Crippen molar-refractivity contribution in [3.8, 4) is 0 Å². The number of benzene rings is 1. The first-order valence-corrected chi connectivity index (χ1v) is 6.99. The Morgan fingerprint density at radius 1 is 1.18 bits per heavy atom. The lowest BCUT2D eigenvalue weighted by atomic mass is 10.4. The van der Waals surface area contributed by atoms with Crippen LogP contribution in [-0.2, 0) is 0 Å². The molecule has 0 radical (unpaired) electrons. The van der Waals surface area contributed by atoms with Gasteiger partial charge in [0, 0.05) is 0 Å². The first kappa shape index (κ1) is 8.46. The van der Waals surface area contributed by atoms with Crippen molar-refractivity contribution in [1.29, 1.82) is 0 Å². The van der Waals surface area contributed by atoms with Crippen molar-refractivity contribution in [2.75, 3.05) is 6.30 Å². The zero-order valence-corrected chi connectivity index (χ0v) is 7.97. The molecule has 2 heteroatoms. The molecule has 0 spiro atoms. The predicted molar refractivity (Wildman–Crippen MR) is 49.5 cm³/mol. The zero-order chi connectivity index (χ0) is 8.32. The lowest BCUT2D eigenvalue weighted by molar-refractivity contribution is 0.585. The maximum atomic E-state index is 12.5. The molecular weight excluding hydrogens is 155 g/mol. The fourth-order valence-electron chi connectivity index (χ4n) is 0.966. The molecule has 11 heavy (non-hydrogen) atoms. The van der Waals surface area contributed by atoms with Gasteiger partial charge in [0.2, 0.25) is 0 Å². The quantitative estimate of drug-likeness (QED) is 0.593. The predicted octanol–water partition coefficient (Wildman–Crippen LogP) is 2.11. The van der Waals surface area contributed by atoms with E-state index >= 15 is 0 Å². The van der Waals surface area contributed by atoms with Crippen LogP contribution in [0.2, 0.25) is 13.1 Å². The Bertz CT molecular complexity index is 218. The topological polar surface area (TPSA) is 0 Å². The normalized spacial score (nSPS) is 11.5. The van der Waals surface area contributed by atoms with Crippen LogP contribution in [0.4, 0.5) is 4.39 Å². The monoisotopic (exact) mass is 168 g/mol. The molecule has 0 N–H and O–H groups in total. The molecule has 0 atom stereocenters. The van der Waals surface area contributed by atoms with Crippen molar-refractivity contribution in [2.45, 2.75) is 13.1 Å². The van der Waals surface area contributed by atoms with Crippen LogP contribution in [0.3, 0.4) is 0 Å². The molecule has 0 fully saturated rings. The molecule has 0 amide bonds. The molecular formula is C9H13FSi. The summed E-state index contributed by atoms with van der Waals surface area (Å²) in [5, 5.41) is 1.20. The summed E-state index contributed by atoms with van der Waals surface area (Å²) in [5.41, 5.74) is 0. The molecule has 0 aliphatic rings. The first-order valence-electron chi connectivity index (χ1n) is 3.78. The van der Waals surface area contributed by atoms with Gasteiger partial charge >= 0.3 is 0 Å². The van der Waals surface area contributed by atoms with Gasteiger partial charge in [-0.2, -0.15) is 0 Å². The van der Waals surface area contributed by atoms with Crippen LogP contribution in [-0.4, -0.2) is 14.4 Å². The third-order valence-corrected chi connectivity index (χ3v) is 4.45. The first-order chi connectivity index (χ1) is 5.17. The van der Waals surface area contributed by atoms with E-state index in [1.165, 1.54) is 5.19 Å². The highest BCUT2D eigenvalue weighted by Gasteiger charge is 2.22. The fraction of sp³-hybridized carbons (Fsp3) is 0.333. The van der Waals surface area contributed by atoms with Gasteiger partial charge in [-0.1, -0.05) is 48.6 Å². The molecule has 0 saturated heterocycles. The molecule has 0 bridgehead atoms. The number of halogens is 1. The minimum absolute atomic E-state index is 0.170. The van der Waals surface area contributed by atoms with Crippen LogP contribution in [0.25, 0.3) is 0 Å². The van der Waals surface area contributed by atoms with Crippen molar-refractivity contribution in [3.63, 3.8) is 0 Å². The zero-order valence-electron chi connectivity index (χ0n) is 6.97.